The van der Waals surface area contributed by atoms with E-state index in [0.717, 1.165) is 22.6 Å². The van der Waals surface area contributed by atoms with Gasteiger partial charge in [0, 0.05) is 0 Å². The number of aromatic nitrogens is 3. The number of fused-ring (bicyclic) bond motifs is 1. The summed E-state index contributed by atoms with van der Waals surface area (Å²) in [6, 6.07) is 14.0. The molecule has 0 bridgehead atoms. The molecule has 0 aliphatic carbocycles. The summed E-state index contributed by atoms with van der Waals surface area (Å²) in [5, 5.41) is 0. The molecule has 1 aromatic carbocycles. The number of imidazole rings is 1. The van der Waals surface area contributed by atoms with Crippen LogP contribution in [0.2, 0.25) is 0 Å². The van der Waals surface area contributed by atoms with Crippen molar-refractivity contribution < 1.29 is 0 Å². The fourth-order valence-corrected chi connectivity index (χ4v) is 2.58. The molecule has 3 rings (SSSR count). The van der Waals surface area contributed by atoms with E-state index in [2.05, 4.69) is 19.3 Å². The van der Waals surface area contributed by atoms with E-state index in [9.17, 15) is 0 Å². The summed E-state index contributed by atoms with van der Waals surface area (Å²) in [6.07, 6.45) is 1.79. The molecule has 0 unspecified atom stereocenters. The first-order chi connectivity index (χ1) is 7.86. The summed E-state index contributed by atoms with van der Waals surface area (Å²) in [4.78, 5) is 8.93. The Bertz CT molecular complexity index is 631. The molecule has 4 heteroatoms. The number of benzene rings is 1. The minimum atomic E-state index is 0.920. The Hall–Kier alpha value is -1.52. The Kier molecular flexibility index (Phi) is 2.30. The van der Waals surface area contributed by atoms with Crippen LogP contribution in [-0.4, -0.2) is 32.1 Å². The normalized spacial score (nSPS) is 10.8. The molecule has 0 aliphatic heterocycles. The van der Waals surface area contributed by atoms with Crippen molar-refractivity contribution in [3.8, 4) is 11.5 Å². The zero-order valence-corrected chi connectivity index (χ0v) is 11.0. The number of nitrogens with zero attached hydrogens (tertiary/aromatic N) is 3. The summed E-state index contributed by atoms with van der Waals surface area (Å²) in [7, 11) is 0. The Labute approximate surface area is 103 Å². The number of hydrogen-bond acceptors (Lipinski definition) is 2. The summed E-state index contributed by atoms with van der Waals surface area (Å²) in [5.74, 6) is 0.932. The van der Waals surface area contributed by atoms with Crippen LogP contribution >= 0.6 is 0 Å². The van der Waals surface area contributed by atoms with Gasteiger partial charge in [-0.15, -0.1) is 0 Å². The molecule has 2 radical (unpaired) electrons. The van der Waals surface area contributed by atoms with E-state index in [-0.39, 0.29) is 0 Å². The first kappa shape index (κ1) is 9.68. The summed E-state index contributed by atoms with van der Waals surface area (Å²) in [6.45, 7) is 0. The van der Waals surface area contributed by atoms with Crippen LogP contribution < -0.4 is 0 Å². The molecule has 3 nitrogen and oxygen atoms in total. The van der Waals surface area contributed by atoms with E-state index in [4.69, 9.17) is 0 Å². The third-order valence-electron chi connectivity index (χ3n) is 2.49. The van der Waals surface area contributed by atoms with Gasteiger partial charge in [0.15, 0.2) is 0 Å². The third kappa shape index (κ3) is 1.47. The van der Waals surface area contributed by atoms with Crippen molar-refractivity contribution in [3.05, 3.63) is 48.7 Å². The molecule has 0 saturated carbocycles. The van der Waals surface area contributed by atoms with Gasteiger partial charge in [-0.1, -0.05) is 0 Å². The van der Waals surface area contributed by atoms with Gasteiger partial charge in [0.2, 0.25) is 0 Å². The summed E-state index contributed by atoms with van der Waals surface area (Å²) >= 11 is 1.52. The summed E-state index contributed by atoms with van der Waals surface area (Å²) < 4.78 is 2.13. The van der Waals surface area contributed by atoms with Crippen LogP contribution in [0.4, 0.5) is 0 Å². The van der Waals surface area contributed by atoms with Crippen LogP contribution in [0.1, 0.15) is 0 Å². The Morgan fingerprint density at radius 1 is 1.00 bits per heavy atom. The molecule has 0 fully saturated rings. The SMILES string of the molecule is [Ga][n]1c(-c2ccccn2)nc2ccccc21. The Balaban J connectivity index is 2.29. The molecule has 0 amide bonds. The number of pyridine rings is 1. The molecule has 16 heavy (non-hydrogen) atoms. The van der Waals surface area contributed by atoms with Crippen LogP contribution in [0.5, 0.6) is 0 Å². The van der Waals surface area contributed by atoms with Crippen LogP contribution in [0.3, 0.4) is 0 Å². The zero-order valence-electron chi connectivity index (χ0n) is 8.54. The molecule has 2 heterocycles. The second-order valence-electron chi connectivity index (χ2n) is 3.51. The second kappa shape index (κ2) is 3.81. The third-order valence-corrected chi connectivity index (χ3v) is 3.59. The van der Waals surface area contributed by atoms with Gasteiger partial charge >= 0.3 is 103 Å². The van der Waals surface area contributed by atoms with Crippen molar-refractivity contribution in [2.24, 2.45) is 0 Å². The molecule has 0 aliphatic rings. The van der Waals surface area contributed by atoms with Crippen LogP contribution in [-0.2, 0) is 0 Å². The monoisotopic (exact) mass is 263 g/mol. The van der Waals surface area contributed by atoms with Crippen molar-refractivity contribution in [2.75, 3.05) is 0 Å². The zero-order chi connectivity index (χ0) is 11.0. The predicted octanol–water partition coefficient (Wildman–Crippen LogP) is 2.03. The second-order valence-corrected chi connectivity index (χ2v) is 4.59. The Morgan fingerprint density at radius 3 is 2.56 bits per heavy atom. The topological polar surface area (TPSA) is 30.7 Å². The first-order valence-corrected chi connectivity index (χ1v) is 6.08. The average Bonchev–Trinajstić information content (AvgIpc) is 2.69. The van der Waals surface area contributed by atoms with Gasteiger partial charge < -0.3 is 0 Å². The first-order valence-electron chi connectivity index (χ1n) is 5.00. The molecular weight excluding hydrogens is 256 g/mol. The van der Waals surface area contributed by atoms with E-state index in [1.54, 1.807) is 6.20 Å². The predicted molar refractivity (Wildman–Crippen MR) is 64.1 cm³/mol. The molecular formula is C12H8GaN3. The fourth-order valence-electron chi connectivity index (χ4n) is 1.72. The summed E-state index contributed by atoms with van der Waals surface area (Å²) in [5.41, 5.74) is 3.10. The van der Waals surface area contributed by atoms with Crippen molar-refractivity contribution in [1.29, 1.82) is 0 Å². The van der Waals surface area contributed by atoms with Crippen LogP contribution in [0.25, 0.3) is 22.6 Å². The fraction of sp³-hybridized carbons (Fsp3) is 0. The van der Waals surface area contributed by atoms with Crippen LogP contribution in [0, 0.1) is 0 Å². The average molecular weight is 264 g/mol. The number of para-hydroxylation sites is 2. The van der Waals surface area contributed by atoms with E-state index < -0.39 is 0 Å². The number of hydrogen-bond donors (Lipinski definition) is 0. The van der Waals surface area contributed by atoms with Gasteiger partial charge in [-0.3, -0.25) is 0 Å². The molecule has 0 saturated heterocycles. The van der Waals surface area contributed by atoms with Gasteiger partial charge in [-0.2, -0.15) is 0 Å². The molecule has 74 valence electrons. The van der Waals surface area contributed by atoms with Gasteiger partial charge in [-0.25, -0.2) is 0 Å². The standard InChI is InChI=1S/C12H8N3.Ga/c1-2-6-10-9(5-1)14-12(15-10)11-7-3-4-8-13-11;/h1-8H;/q-1;+1. The molecule has 0 atom stereocenters. The van der Waals surface area contributed by atoms with Gasteiger partial charge in [0.05, 0.1) is 0 Å². The van der Waals surface area contributed by atoms with Gasteiger partial charge in [0.1, 0.15) is 0 Å². The van der Waals surface area contributed by atoms with Crippen molar-refractivity contribution >= 4 is 29.9 Å². The molecule has 2 aromatic heterocycles. The van der Waals surface area contributed by atoms with E-state index in [1.807, 2.05) is 36.4 Å². The quantitative estimate of drug-likeness (QED) is 0.629. The van der Waals surface area contributed by atoms with Crippen molar-refractivity contribution in [3.63, 3.8) is 0 Å². The molecule has 0 N–H and O–H groups in total. The number of rotatable bonds is 1. The maximum atomic E-state index is 4.60. The molecule has 0 spiro atoms. The van der Waals surface area contributed by atoms with Gasteiger partial charge in [-0.05, 0) is 0 Å². The minimum absolute atomic E-state index is 0.920. The van der Waals surface area contributed by atoms with E-state index in [1.165, 1.54) is 18.8 Å². The van der Waals surface area contributed by atoms with Crippen molar-refractivity contribution in [1.82, 2.24) is 13.2 Å². The van der Waals surface area contributed by atoms with E-state index in [0.29, 0.717) is 0 Å². The van der Waals surface area contributed by atoms with E-state index >= 15 is 0 Å². The molecule has 3 aromatic rings. The van der Waals surface area contributed by atoms with Gasteiger partial charge in [0.25, 0.3) is 0 Å². The maximum absolute atomic E-state index is 4.60. The van der Waals surface area contributed by atoms with Crippen molar-refractivity contribution in [2.45, 2.75) is 0 Å². The Morgan fingerprint density at radius 2 is 1.81 bits per heavy atom. The van der Waals surface area contributed by atoms with Crippen LogP contribution in [0.15, 0.2) is 48.7 Å².